The normalized spacial score (nSPS) is 15.8. The first-order valence-corrected chi connectivity index (χ1v) is 13.8. The Bertz CT molecular complexity index is 1360. The fourth-order valence-electron chi connectivity index (χ4n) is 4.24. The van der Waals surface area contributed by atoms with Gasteiger partial charge in [-0.1, -0.05) is 59.8 Å². The minimum atomic E-state index is -0.0536. The molecule has 7 nitrogen and oxygen atoms in total. The molecule has 2 aromatic heterocycles. The second-order valence-corrected chi connectivity index (χ2v) is 10.7. The van der Waals surface area contributed by atoms with Crippen LogP contribution in [-0.2, 0) is 4.79 Å². The van der Waals surface area contributed by atoms with Crippen molar-refractivity contribution in [2.24, 2.45) is 0 Å². The SMILES string of the molecule is CC1CN(C(=O)CSc2nnc(-c3ccccc3Cl)n2-c2ccccc2)CCN1C(=O)c1cccs1. The first kappa shape index (κ1) is 24.5. The summed E-state index contributed by atoms with van der Waals surface area (Å²) in [5.41, 5.74) is 1.66. The van der Waals surface area contributed by atoms with Crippen molar-refractivity contribution < 1.29 is 9.59 Å². The molecule has 2 aromatic carbocycles. The molecule has 0 bridgehead atoms. The highest BCUT2D eigenvalue weighted by Crippen LogP contribution is 2.32. The number of piperazine rings is 1. The van der Waals surface area contributed by atoms with Crippen molar-refractivity contribution >= 4 is 46.5 Å². The highest BCUT2D eigenvalue weighted by molar-refractivity contribution is 7.99. The van der Waals surface area contributed by atoms with Crippen LogP contribution in [0.3, 0.4) is 0 Å². The maximum absolute atomic E-state index is 13.1. The molecule has 184 valence electrons. The Morgan fingerprint density at radius 2 is 1.81 bits per heavy atom. The summed E-state index contributed by atoms with van der Waals surface area (Å²) >= 11 is 9.25. The molecule has 3 heterocycles. The lowest BCUT2D eigenvalue weighted by Gasteiger charge is -2.39. The van der Waals surface area contributed by atoms with Crippen LogP contribution in [0, 0.1) is 0 Å². The number of nitrogens with zero attached hydrogens (tertiary/aromatic N) is 5. The summed E-state index contributed by atoms with van der Waals surface area (Å²) < 4.78 is 1.93. The molecule has 5 rings (SSSR count). The van der Waals surface area contributed by atoms with E-state index >= 15 is 0 Å². The van der Waals surface area contributed by atoms with Crippen molar-refractivity contribution in [3.05, 3.63) is 82.0 Å². The number of hydrogen-bond acceptors (Lipinski definition) is 6. The van der Waals surface area contributed by atoms with Gasteiger partial charge in [-0.2, -0.15) is 0 Å². The molecule has 10 heteroatoms. The third-order valence-electron chi connectivity index (χ3n) is 6.06. The number of carbonyl (C=O) groups excluding carboxylic acids is 2. The summed E-state index contributed by atoms with van der Waals surface area (Å²) in [6, 6.07) is 21.0. The van der Waals surface area contributed by atoms with Gasteiger partial charge in [-0.05, 0) is 42.6 Å². The average Bonchev–Trinajstić information content (AvgIpc) is 3.58. The van der Waals surface area contributed by atoms with Gasteiger partial charge in [0.05, 0.1) is 15.7 Å². The van der Waals surface area contributed by atoms with Crippen LogP contribution < -0.4 is 0 Å². The molecule has 1 aliphatic rings. The topological polar surface area (TPSA) is 71.3 Å². The lowest BCUT2D eigenvalue weighted by molar-refractivity contribution is -0.130. The van der Waals surface area contributed by atoms with Crippen molar-refractivity contribution in [1.29, 1.82) is 0 Å². The van der Waals surface area contributed by atoms with E-state index in [2.05, 4.69) is 10.2 Å². The monoisotopic (exact) mass is 537 g/mol. The van der Waals surface area contributed by atoms with Gasteiger partial charge in [0.15, 0.2) is 11.0 Å². The van der Waals surface area contributed by atoms with E-state index in [0.717, 1.165) is 16.1 Å². The highest BCUT2D eigenvalue weighted by Gasteiger charge is 2.31. The number of rotatable bonds is 6. The van der Waals surface area contributed by atoms with Gasteiger partial charge in [0.2, 0.25) is 5.91 Å². The van der Waals surface area contributed by atoms with Crippen LogP contribution >= 0.6 is 34.7 Å². The van der Waals surface area contributed by atoms with E-state index in [1.807, 2.05) is 93.4 Å². The van der Waals surface area contributed by atoms with Gasteiger partial charge < -0.3 is 9.80 Å². The van der Waals surface area contributed by atoms with Crippen molar-refractivity contribution in [2.45, 2.75) is 18.1 Å². The molecule has 1 saturated heterocycles. The number of halogens is 1. The molecule has 0 saturated carbocycles. The summed E-state index contributed by atoms with van der Waals surface area (Å²) in [5, 5.41) is 11.9. The number of hydrogen-bond donors (Lipinski definition) is 0. The first-order chi connectivity index (χ1) is 17.5. The molecule has 2 amide bonds. The van der Waals surface area contributed by atoms with Gasteiger partial charge in [0.1, 0.15) is 0 Å². The minimum absolute atomic E-state index is 0.0111. The maximum Gasteiger partial charge on any atom is 0.264 e. The molecule has 0 aliphatic carbocycles. The first-order valence-electron chi connectivity index (χ1n) is 11.5. The largest absolute Gasteiger partial charge is 0.338 e. The number of aromatic nitrogens is 3. The standard InChI is InChI=1S/C26H24ClN5O2S2/c1-18-16-30(13-14-31(18)25(34)22-12-7-15-35-22)23(33)17-36-26-29-28-24(20-10-5-6-11-21(20)27)32(26)19-8-3-2-4-9-19/h2-12,15,18H,13-14,16-17H2,1H3. The Morgan fingerprint density at radius 1 is 1.03 bits per heavy atom. The van der Waals surface area contributed by atoms with E-state index in [-0.39, 0.29) is 23.6 Å². The van der Waals surface area contributed by atoms with Gasteiger partial charge in [0.25, 0.3) is 5.91 Å². The maximum atomic E-state index is 13.1. The van der Waals surface area contributed by atoms with E-state index in [1.54, 1.807) is 0 Å². The second kappa shape index (κ2) is 10.9. The van der Waals surface area contributed by atoms with E-state index in [4.69, 9.17) is 11.6 Å². The van der Waals surface area contributed by atoms with Crippen LogP contribution in [-0.4, -0.2) is 67.8 Å². The van der Waals surface area contributed by atoms with Gasteiger partial charge in [0, 0.05) is 36.9 Å². The van der Waals surface area contributed by atoms with Gasteiger partial charge in [-0.3, -0.25) is 14.2 Å². The van der Waals surface area contributed by atoms with Crippen molar-refractivity contribution in [2.75, 3.05) is 25.4 Å². The number of thioether (sulfide) groups is 1. The molecule has 36 heavy (non-hydrogen) atoms. The Kier molecular flexibility index (Phi) is 7.41. The lowest BCUT2D eigenvalue weighted by Crippen LogP contribution is -2.55. The van der Waals surface area contributed by atoms with Crippen LogP contribution in [0.15, 0.2) is 77.3 Å². The molecule has 0 spiro atoms. The Balaban J connectivity index is 1.30. The molecule has 0 N–H and O–H groups in total. The van der Waals surface area contributed by atoms with Crippen LogP contribution in [0.2, 0.25) is 5.02 Å². The summed E-state index contributed by atoms with van der Waals surface area (Å²) in [6.45, 7) is 3.52. The van der Waals surface area contributed by atoms with Crippen molar-refractivity contribution in [3.8, 4) is 17.1 Å². The molecule has 0 radical (unpaired) electrons. The molecule has 1 aliphatic heterocycles. The highest BCUT2D eigenvalue weighted by atomic mass is 35.5. The smallest absolute Gasteiger partial charge is 0.264 e. The lowest BCUT2D eigenvalue weighted by atomic mass is 10.2. The average molecular weight is 538 g/mol. The van der Waals surface area contributed by atoms with Crippen LogP contribution in [0.1, 0.15) is 16.6 Å². The molecule has 1 fully saturated rings. The summed E-state index contributed by atoms with van der Waals surface area (Å²) in [6.07, 6.45) is 0. The van der Waals surface area contributed by atoms with E-state index in [0.29, 0.717) is 35.6 Å². The zero-order valence-corrected chi connectivity index (χ0v) is 22.0. The van der Waals surface area contributed by atoms with E-state index < -0.39 is 0 Å². The zero-order valence-electron chi connectivity index (χ0n) is 19.6. The quantitative estimate of drug-likeness (QED) is 0.319. The Labute approximate surface area is 222 Å². The third-order valence-corrected chi connectivity index (χ3v) is 8.16. The van der Waals surface area contributed by atoms with Crippen molar-refractivity contribution in [3.63, 3.8) is 0 Å². The Hall–Kier alpha value is -3.14. The van der Waals surface area contributed by atoms with Crippen LogP contribution in [0.5, 0.6) is 0 Å². The van der Waals surface area contributed by atoms with E-state index in [1.165, 1.54) is 23.1 Å². The number of thiophene rings is 1. The number of carbonyl (C=O) groups is 2. The van der Waals surface area contributed by atoms with Crippen LogP contribution in [0.4, 0.5) is 0 Å². The number of amides is 2. The van der Waals surface area contributed by atoms with E-state index in [9.17, 15) is 9.59 Å². The number of para-hydroxylation sites is 1. The summed E-state index contributed by atoms with van der Waals surface area (Å²) in [4.78, 5) is 30.3. The fourth-order valence-corrected chi connectivity index (χ4v) is 5.99. The molecule has 4 aromatic rings. The Morgan fingerprint density at radius 3 is 2.53 bits per heavy atom. The predicted octanol–water partition coefficient (Wildman–Crippen LogP) is 5.11. The number of benzene rings is 2. The van der Waals surface area contributed by atoms with Gasteiger partial charge >= 0.3 is 0 Å². The van der Waals surface area contributed by atoms with Crippen molar-refractivity contribution in [1.82, 2.24) is 24.6 Å². The summed E-state index contributed by atoms with van der Waals surface area (Å²) in [7, 11) is 0. The van der Waals surface area contributed by atoms with Gasteiger partial charge in [-0.15, -0.1) is 21.5 Å². The zero-order chi connectivity index (χ0) is 25.1. The summed E-state index contributed by atoms with van der Waals surface area (Å²) in [5.74, 6) is 0.883. The second-order valence-electron chi connectivity index (χ2n) is 8.41. The van der Waals surface area contributed by atoms with Crippen LogP contribution in [0.25, 0.3) is 17.1 Å². The third kappa shape index (κ3) is 5.04. The fraction of sp³-hybridized carbons (Fsp3) is 0.231. The molecule has 1 atom stereocenters. The van der Waals surface area contributed by atoms with Gasteiger partial charge in [-0.25, -0.2) is 0 Å². The predicted molar refractivity (Wildman–Crippen MR) is 144 cm³/mol. The molecular weight excluding hydrogens is 514 g/mol. The molecule has 1 unspecified atom stereocenters. The minimum Gasteiger partial charge on any atom is -0.338 e. The molecular formula is C26H24ClN5O2S2.